The van der Waals surface area contributed by atoms with Gasteiger partial charge in [-0.1, -0.05) is 164 Å². The van der Waals surface area contributed by atoms with Crippen molar-refractivity contribution in [3.05, 3.63) is 245 Å². The van der Waals surface area contributed by atoms with Crippen LogP contribution in [0.4, 0.5) is 17.1 Å². The molecule has 0 fully saturated rings. The summed E-state index contributed by atoms with van der Waals surface area (Å²) in [4.78, 5) is 7.60. The van der Waals surface area contributed by atoms with E-state index >= 15 is 0 Å². The molecule has 2 heterocycles. The average Bonchev–Trinajstić information content (AvgIpc) is 3.56. The largest absolute Gasteiger partial charge is 0.383 e. The molecule has 3 N–H and O–H groups in total. The first-order valence-corrected chi connectivity index (χ1v) is 19.3. The molecule has 1 aliphatic carbocycles. The highest BCUT2D eigenvalue weighted by molar-refractivity contribution is 5.98. The molecule has 0 bridgehead atoms. The van der Waals surface area contributed by atoms with E-state index in [4.69, 9.17) is 10.7 Å². The molecule has 2 aliphatic heterocycles. The Balaban J connectivity index is 1.16. The second-order valence-corrected chi connectivity index (χ2v) is 14.5. The van der Waals surface area contributed by atoms with Crippen molar-refractivity contribution < 1.29 is 0 Å². The number of nitrogens with one attached hydrogen (secondary N) is 1. The zero-order valence-electron chi connectivity index (χ0n) is 30.9. The van der Waals surface area contributed by atoms with Gasteiger partial charge < -0.3 is 16.0 Å². The van der Waals surface area contributed by atoms with Gasteiger partial charge in [0.05, 0.1) is 28.5 Å². The van der Waals surface area contributed by atoms with Crippen LogP contribution >= 0.6 is 0 Å². The Bertz CT molecular complexity index is 2640. The summed E-state index contributed by atoms with van der Waals surface area (Å²) in [5, 5.41) is 3.90. The van der Waals surface area contributed by atoms with Crippen molar-refractivity contribution in [1.82, 2.24) is 5.32 Å². The van der Waals surface area contributed by atoms with Gasteiger partial charge in [-0.15, -0.1) is 0 Å². The average molecular weight is 721 g/mol. The van der Waals surface area contributed by atoms with Gasteiger partial charge in [-0.3, -0.25) is 4.99 Å². The van der Waals surface area contributed by atoms with Crippen LogP contribution in [-0.4, -0.2) is 12.8 Å². The molecule has 0 aromatic heterocycles. The van der Waals surface area contributed by atoms with Crippen molar-refractivity contribution in [3.63, 3.8) is 0 Å². The third-order valence-corrected chi connectivity index (χ3v) is 11.3. The highest BCUT2D eigenvalue weighted by Crippen LogP contribution is 2.62. The predicted octanol–water partition coefficient (Wildman–Crippen LogP) is 11.5. The van der Waals surface area contributed by atoms with Crippen LogP contribution in [0.3, 0.4) is 0 Å². The molecule has 0 radical (unpaired) electrons. The maximum absolute atomic E-state index is 7.05. The van der Waals surface area contributed by atoms with E-state index in [1.807, 2.05) is 30.5 Å². The maximum atomic E-state index is 7.05. The summed E-state index contributed by atoms with van der Waals surface area (Å²) in [5.74, 6) is 0. The molecule has 0 saturated heterocycles. The van der Waals surface area contributed by atoms with Gasteiger partial charge in [-0.25, -0.2) is 0 Å². The molecule has 7 aromatic rings. The van der Waals surface area contributed by atoms with E-state index in [-0.39, 0.29) is 6.04 Å². The number of nitrogens with zero attached hydrogens (tertiary/aromatic N) is 2. The van der Waals surface area contributed by atoms with Crippen LogP contribution in [-0.2, 0) is 5.41 Å². The molecular formula is C52H40N4. The van der Waals surface area contributed by atoms with E-state index in [2.05, 4.69) is 186 Å². The molecule has 7 aromatic carbocycles. The van der Waals surface area contributed by atoms with Crippen LogP contribution in [0.15, 0.2) is 211 Å². The fourth-order valence-electron chi connectivity index (χ4n) is 8.81. The Morgan fingerprint density at radius 2 is 1.25 bits per heavy atom. The number of dihydropyridines is 1. The summed E-state index contributed by atoms with van der Waals surface area (Å²) < 4.78 is 0. The number of para-hydroxylation sites is 3. The summed E-state index contributed by atoms with van der Waals surface area (Å²) in [6, 6.07) is 64.2. The normalized spacial score (nSPS) is 15.6. The van der Waals surface area contributed by atoms with Crippen LogP contribution in [0.5, 0.6) is 0 Å². The zero-order chi connectivity index (χ0) is 37.5. The third-order valence-electron chi connectivity index (χ3n) is 11.3. The summed E-state index contributed by atoms with van der Waals surface area (Å²) >= 11 is 0. The van der Waals surface area contributed by atoms with Crippen molar-refractivity contribution in [3.8, 4) is 11.1 Å². The minimum atomic E-state index is -0.590. The van der Waals surface area contributed by atoms with Crippen molar-refractivity contribution in [2.24, 2.45) is 10.7 Å². The van der Waals surface area contributed by atoms with Gasteiger partial charge in [0.15, 0.2) is 0 Å². The number of nitrogens with two attached hydrogens (primary N) is 1. The first-order chi connectivity index (χ1) is 27.7. The van der Waals surface area contributed by atoms with Crippen LogP contribution in [0.1, 0.15) is 45.0 Å². The number of fused-ring (bicyclic) bond motifs is 8. The van der Waals surface area contributed by atoms with Gasteiger partial charge in [-0.05, 0) is 80.9 Å². The second-order valence-electron chi connectivity index (χ2n) is 14.5. The molecule has 1 unspecified atom stereocenters. The highest BCUT2D eigenvalue weighted by atomic mass is 15.2. The predicted molar refractivity (Wildman–Crippen MR) is 232 cm³/mol. The van der Waals surface area contributed by atoms with E-state index in [0.717, 1.165) is 51.6 Å². The number of anilines is 3. The van der Waals surface area contributed by atoms with Gasteiger partial charge in [0.25, 0.3) is 0 Å². The highest BCUT2D eigenvalue weighted by Gasteiger charge is 2.53. The van der Waals surface area contributed by atoms with Crippen molar-refractivity contribution in [2.45, 2.75) is 11.5 Å². The van der Waals surface area contributed by atoms with Crippen LogP contribution in [0, 0.1) is 0 Å². The summed E-state index contributed by atoms with van der Waals surface area (Å²) in [6.07, 6.45) is 8.57. The SMILES string of the molecule is NC(/C=C(\N=Cc1ccccc1)c1ccc2c(c1)C1(C3=C2C=CCN3)c2ccccc2N(c2ccccc2)c2ccccc21)c1ccc(-c2ccccc2)cc1. The Labute approximate surface area is 328 Å². The minimum Gasteiger partial charge on any atom is -0.383 e. The number of hydrogen-bond acceptors (Lipinski definition) is 4. The van der Waals surface area contributed by atoms with E-state index in [1.165, 1.54) is 39.1 Å². The molecule has 1 atom stereocenters. The zero-order valence-corrected chi connectivity index (χ0v) is 30.9. The smallest absolute Gasteiger partial charge is 0.0901 e. The Kier molecular flexibility index (Phi) is 8.39. The number of aliphatic imine (C=N–C) groups is 1. The third kappa shape index (κ3) is 5.54. The minimum absolute atomic E-state index is 0.378. The number of benzene rings is 7. The van der Waals surface area contributed by atoms with Gasteiger partial charge in [0.2, 0.25) is 0 Å². The second kappa shape index (κ2) is 14.0. The molecule has 0 amide bonds. The van der Waals surface area contributed by atoms with E-state index < -0.39 is 5.41 Å². The number of allylic oxidation sites excluding steroid dienone is 3. The molecule has 3 aliphatic rings. The number of hydrogen-bond donors (Lipinski definition) is 2. The molecule has 1 spiro atoms. The lowest BCUT2D eigenvalue weighted by atomic mass is 9.65. The summed E-state index contributed by atoms with van der Waals surface area (Å²) in [7, 11) is 0. The fourth-order valence-corrected chi connectivity index (χ4v) is 8.81. The topological polar surface area (TPSA) is 53.6 Å². The first-order valence-electron chi connectivity index (χ1n) is 19.3. The van der Waals surface area contributed by atoms with Gasteiger partial charge in [-0.2, -0.15) is 0 Å². The van der Waals surface area contributed by atoms with E-state index in [9.17, 15) is 0 Å². The van der Waals surface area contributed by atoms with Gasteiger partial charge in [0, 0.05) is 35.3 Å². The summed E-state index contributed by atoms with van der Waals surface area (Å²) in [6.45, 7) is 0.763. The quantitative estimate of drug-likeness (QED) is 0.161. The molecule has 0 saturated carbocycles. The molecule has 4 heteroatoms. The lowest BCUT2D eigenvalue weighted by Gasteiger charge is -2.46. The Morgan fingerprint density at radius 1 is 0.643 bits per heavy atom. The van der Waals surface area contributed by atoms with Crippen LogP contribution in [0.25, 0.3) is 22.4 Å². The van der Waals surface area contributed by atoms with E-state index in [1.54, 1.807) is 0 Å². The first kappa shape index (κ1) is 33.6. The van der Waals surface area contributed by atoms with Crippen molar-refractivity contribution in [2.75, 3.05) is 11.4 Å². The lowest BCUT2D eigenvalue weighted by Crippen LogP contribution is -2.41. The van der Waals surface area contributed by atoms with Gasteiger partial charge in [0.1, 0.15) is 0 Å². The Hall–Kier alpha value is -7.01. The molecule has 10 rings (SSSR count). The summed E-state index contributed by atoms with van der Waals surface area (Å²) in [5.41, 5.74) is 23.5. The lowest BCUT2D eigenvalue weighted by molar-refractivity contribution is 0.658. The standard InChI is InChI=1S/C52H40N4/c53-47(39-28-26-38(27-29-39)37-17-6-2-7-18-37)34-48(55-35-36-15-4-1-5-16-36)40-30-31-42-43-21-14-32-54-51(43)52(46(42)33-40)44-22-10-12-24-49(44)56(41-19-8-3-9-20-41)50-25-13-11-23-45(50)52/h1-31,33-35,47,54H,32,53H2/b48-34-,55-35?. The van der Waals surface area contributed by atoms with Crippen LogP contribution in [0.2, 0.25) is 0 Å². The number of rotatable bonds is 7. The molecular weight excluding hydrogens is 681 g/mol. The monoisotopic (exact) mass is 720 g/mol. The van der Waals surface area contributed by atoms with E-state index in [0.29, 0.717) is 0 Å². The van der Waals surface area contributed by atoms with Gasteiger partial charge >= 0.3 is 0 Å². The fraction of sp³-hybridized carbons (Fsp3) is 0.0577. The van der Waals surface area contributed by atoms with Crippen molar-refractivity contribution in [1.29, 1.82) is 0 Å². The molecule has 4 nitrogen and oxygen atoms in total. The van der Waals surface area contributed by atoms with Crippen LogP contribution < -0.4 is 16.0 Å². The molecule has 56 heavy (non-hydrogen) atoms. The maximum Gasteiger partial charge on any atom is 0.0901 e. The van der Waals surface area contributed by atoms with Crippen molar-refractivity contribution >= 4 is 34.5 Å². The Morgan fingerprint density at radius 3 is 1.95 bits per heavy atom. The molecule has 268 valence electrons.